The first-order chi connectivity index (χ1) is 13.8. The standard InChI is InChI=1S/C19H20F3N5OS/c1-12-3-5-13(6-4-12)14-9-25-16(28-14)10-26-18(23-2)24-8-7-17-27-15(11-29-17)19(20,21)22/h3-6,9,11H,7-8,10H2,1-2H3,(H2,23,24,26). The average Bonchev–Trinajstić information content (AvgIpc) is 3.34. The monoisotopic (exact) mass is 423 g/mol. The van der Waals surface area contributed by atoms with Gasteiger partial charge in [0.05, 0.1) is 17.7 Å². The number of aryl methyl sites for hydroxylation is 1. The van der Waals surface area contributed by atoms with Gasteiger partial charge in [-0.2, -0.15) is 13.2 Å². The van der Waals surface area contributed by atoms with Crippen molar-refractivity contribution < 1.29 is 17.6 Å². The summed E-state index contributed by atoms with van der Waals surface area (Å²) in [5.74, 6) is 1.67. The van der Waals surface area contributed by atoms with E-state index in [1.54, 1.807) is 13.2 Å². The summed E-state index contributed by atoms with van der Waals surface area (Å²) in [5.41, 5.74) is 1.25. The molecule has 0 aliphatic carbocycles. The Morgan fingerprint density at radius 2 is 1.97 bits per heavy atom. The van der Waals surface area contributed by atoms with Crippen LogP contribution in [-0.2, 0) is 19.1 Å². The smallest absolute Gasteiger partial charge is 0.434 e. The molecule has 0 saturated carbocycles. The number of thiazole rings is 1. The minimum Gasteiger partial charge on any atom is -0.439 e. The van der Waals surface area contributed by atoms with Gasteiger partial charge in [0.2, 0.25) is 5.89 Å². The largest absolute Gasteiger partial charge is 0.439 e. The van der Waals surface area contributed by atoms with Gasteiger partial charge in [0.25, 0.3) is 0 Å². The van der Waals surface area contributed by atoms with E-state index in [-0.39, 0.29) is 0 Å². The molecule has 1 aromatic carbocycles. The Kier molecular flexibility index (Phi) is 6.53. The van der Waals surface area contributed by atoms with Gasteiger partial charge in [0, 0.05) is 31.0 Å². The number of aromatic nitrogens is 2. The lowest BCUT2D eigenvalue weighted by Crippen LogP contribution is -2.37. The zero-order chi connectivity index (χ0) is 20.9. The number of benzene rings is 1. The summed E-state index contributed by atoms with van der Waals surface area (Å²) < 4.78 is 43.5. The zero-order valence-electron chi connectivity index (χ0n) is 15.9. The molecule has 0 aliphatic rings. The highest BCUT2D eigenvalue weighted by molar-refractivity contribution is 7.09. The minimum absolute atomic E-state index is 0.320. The predicted octanol–water partition coefficient (Wildman–Crippen LogP) is 4.03. The van der Waals surface area contributed by atoms with Gasteiger partial charge in [-0.1, -0.05) is 29.8 Å². The second kappa shape index (κ2) is 9.08. The number of guanidine groups is 1. The van der Waals surface area contributed by atoms with Gasteiger partial charge in [0.1, 0.15) is 0 Å². The van der Waals surface area contributed by atoms with Crippen LogP contribution in [0.5, 0.6) is 0 Å². The summed E-state index contributed by atoms with van der Waals surface area (Å²) in [7, 11) is 1.60. The van der Waals surface area contributed by atoms with Crippen LogP contribution >= 0.6 is 11.3 Å². The molecule has 0 spiro atoms. The minimum atomic E-state index is -4.41. The van der Waals surface area contributed by atoms with Crippen LogP contribution < -0.4 is 10.6 Å². The van der Waals surface area contributed by atoms with Crippen molar-refractivity contribution in [1.29, 1.82) is 0 Å². The molecule has 3 rings (SSSR count). The summed E-state index contributed by atoms with van der Waals surface area (Å²) in [6.45, 7) is 2.73. The van der Waals surface area contributed by atoms with Gasteiger partial charge in [-0.25, -0.2) is 9.97 Å². The van der Waals surface area contributed by atoms with Crippen molar-refractivity contribution in [2.75, 3.05) is 13.6 Å². The second-order valence-electron chi connectivity index (χ2n) is 6.21. The van der Waals surface area contributed by atoms with E-state index in [1.807, 2.05) is 31.2 Å². The molecule has 29 heavy (non-hydrogen) atoms. The number of rotatable bonds is 6. The molecule has 2 heterocycles. The fourth-order valence-corrected chi connectivity index (χ4v) is 3.27. The normalized spacial score (nSPS) is 12.2. The lowest BCUT2D eigenvalue weighted by molar-refractivity contribution is -0.140. The maximum Gasteiger partial charge on any atom is 0.434 e. The second-order valence-corrected chi connectivity index (χ2v) is 7.15. The van der Waals surface area contributed by atoms with Gasteiger partial charge in [0.15, 0.2) is 17.4 Å². The van der Waals surface area contributed by atoms with E-state index in [1.165, 1.54) is 0 Å². The fraction of sp³-hybridized carbons (Fsp3) is 0.316. The van der Waals surface area contributed by atoms with Crippen molar-refractivity contribution in [3.63, 3.8) is 0 Å². The van der Waals surface area contributed by atoms with Crippen molar-refractivity contribution in [2.45, 2.75) is 26.1 Å². The molecular formula is C19H20F3N5OS. The zero-order valence-corrected chi connectivity index (χ0v) is 16.7. The van der Waals surface area contributed by atoms with E-state index in [0.717, 1.165) is 27.8 Å². The molecule has 0 radical (unpaired) electrons. The highest BCUT2D eigenvalue weighted by Crippen LogP contribution is 2.30. The summed E-state index contributed by atoms with van der Waals surface area (Å²) in [4.78, 5) is 11.9. The molecule has 0 fully saturated rings. The third kappa shape index (κ3) is 5.80. The maximum atomic E-state index is 12.6. The molecule has 2 N–H and O–H groups in total. The number of hydrogen-bond donors (Lipinski definition) is 2. The molecule has 6 nitrogen and oxygen atoms in total. The predicted molar refractivity (Wildman–Crippen MR) is 106 cm³/mol. The Morgan fingerprint density at radius 1 is 1.21 bits per heavy atom. The van der Waals surface area contributed by atoms with E-state index in [9.17, 15) is 13.2 Å². The molecule has 0 unspecified atom stereocenters. The Morgan fingerprint density at radius 3 is 2.62 bits per heavy atom. The van der Waals surface area contributed by atoms with Crippen LogP contribution in [0.2, 0.25) is 0 Å². The Balaban J connectivity index is 1.47. The SMILES string of the molecule is CN=C(NCCc1nc(C(F)(F)F)cs1)NCc1ncc(-c2ccc(C)cc2)o1. The first-order valence-electron chi connectivity index (χ1n) is 8.83. The van der Waals surface area contributed by atoms with Crippen LogP contribution in [0.3, 0.4) is 0 Å². The van der Waals surface area contributed by atoms with Crippen molar-refractivity contribution in [3.8, 4) is 11.3 Å². The molecule has 0 saturated heterocycles. The van der Waals surface area contributed by atoms with Crippen molar-refractivity contribution in [2.24, 2.45) is 4.99 Å². The van der Waals surface area contributed by atoms with E-state index < -0.39 is 11.9 Å². The molecule has 0 aliphatic heterocycles. The third-order valence-electron chi connectivity index (χ3n) is 3.99. The van der Waals surface area contributed by atoms with E-state index in [0.29, 0.717) is 42.1 Å². The van der Waals surface area contributed by atoms with E-state index in [4.69, 9.17) is 4.42 Å². The molecule has 154 valence electrons. The number of alkyl halides is 3. The number of halogens is 3. The van der Waals surface area contributed by atoms with Crippen LogP contribution in [0.15, 0.2) is 45.3 Å². The molecule has 10 heteroatoms. The number of oxazole rings is 1. The average molecular weight is 423 g/mol. The summed E-state index contributed by atoms with van der Waals surface area (Å²) >= 11 is 0.991. The quantitative estimate of drug-likeness (QED) is 0.463. The topological polar surface area (TPSA) is 75.3 Å². The number of nitrogens with zero attached hydrogens (tertiary/aromatic N) is 3. The first-order valence-corrected chi connectivity index (χ1v) is 9.71. The molecule has 0 bridgehead atoms. The van der Waals surface area contributed by atoms with Gasteiger partial charge in [-0.05, 0) is 6.92 Å². The van der Waals surface area contributed by atoms with Crippen molar-refractivity contribution in [3.05, 3.63) is 58.0 Å². The van der Waals surface area contributed by atoms with Gasteiger partial charge < -0.3 is 15.1 Å². The number of nitrogens with one attached hydrogen (secondary N) is 2. The van der Waals surface area contributed by atoms with Gasteiger partial charge in [-0.15, -0.1) is 11.3 Å². The molecule has 0 atom stereocenters. The van der Waals surface area contributed by atoms with Gasteiger partial charge in [-0.3, -0.25) is 4.99 Å². The Hall–Kier alpha value is -2.88. The number of aliphatic imine (C=N–C) groups is 1. The fourth-order valence-electron chi connectivity index (χ4n) is 2.47. The Bertz CT molecular complexity index is 963. The van der Waals surface area contributed by atoms with Crippen LogP contribution in [0.1, 0.15) is 22.2 Å². The highest BCUT2D eigenvalue weighted by Gasteiger charge is 2.33. The van der Waals surface area contributed by atoms with Crippen molar-refractivity contribution >= 4 is 17.3 Å². The van der Waals surface area contributed by atoms with Crippen LogP contribution in [0, 0.1) is 6.92 Å². The molecular weight excluding hydrogens is 403 g/mol. The van der Waals surface area contributed by atoms with E-state index in [2.05, 4.69) is 25.6 Å². The Labute approximate surface area is 169 Å². The first kappa shape index (κ1) is 20.8. The van der Waals surface area contributed by atoms with E-state index >= 15 is 0 Å². The van der Waals surface area contributed by atoms with Gasteiger partial charge >= 0.3 is 6.18 Å². The summed E-state index contributed by atoms with van der Waals surface area (Å²) in [6.07, 6.45) is -2.39. The van der Waals surface area contributed by atoms with Crippen LogP contribution in [-0.4, -0.2) is 29.5 Å². The van der Waals surface area contributed by atoms with Crippen LogP contribution in [0.25, 0.3) is 11.3 Å². The van der Waals surface area contributed by atoms with Crippen molar-refractivity contribution in [1.82, 2.24) is 20.6 Å². The number of hydrogen-bond acceptors (Lipinski definition) is 5. The molecule has 2 aromatic heterocycles. The molecule has 3 aromatic rings. The highest BCUT2D eigenvalue weighted by atomic mass is 32.1. The summed E-state index contributed by atoms with van der Waals surface area (Å²) in [6, 6.07) is 7.94. The van der Waals surface area contributed by atoms with Crippen LogP contribution in [0.4, 0.5) is 13.2 Å². The summed E-state index contributed by atoms with van der Waals surface area (Å²) in [5, 5.41) is 7.53. The lowest BCUT2D eigenvalue weighted by atomic mass is 10.1. The third-order valence-corrected chi connectivity index (χ3v) is 4.90. The molecule has 0 amide bonds. The lowest BCUT2D eigenvalue weighted by Gasteiger charge is -2.09. The maximum absolute atomic E-state index is 12.6.